The number of likely N-dealkylation sites (tertiary alicyclic amines) is 1. The molecule has 1 aliphatic carbocycles. The number of hydrogen-bond donors (Lipinski definition) is 1. The Bertz CT molecular complexity index is 1460. The number of rotatable bonds is 7. The Morgan fingerprint density at radius 3 is 2.66 bits per heavy atom. The topological polar surface area (TPSA) is 112 Å². The third kappa shape index (κ3) is 6.18. The van der Waals surface area contributed by atoms with Gasteiger partial charge in [0.05, 0.1) is 24.6 Å². The van der Waals surface area contributed by atoms with Crippen molar-refractivity contribution in [3.63, 3.8) is 0 Å². The highest BCUT2D eigenvalue weighted by Gasteiger charge is 2.27. The van der Waals surface area contributed by atoms with Crippen LogP contribution in [0.4, 0.5) is 5.82 Å². The molecule has 0 bridgehead atoms. The predicted molar refractivity (Wildman–Crippen MR) is 158 cm³/mol. The van der Waals surface area contributed by atoms with Crippen LogP contribution in [-0.2, 0) is 9.53 Å². The minimum atomic E-state index is 0.0612. The minimum absolute atomic E-state index is 0.0612. The molecule has 1 atom stereocenters. The number of hydrogen-bond acceptors (Lipinski definition) is 8. The van der Waals surface area contributed by atoms with E-state index in [0.717, 1.165) is 85.9 Å². The highest BCUT2D eigenvalue weighted by molar-refractivity contribution is 5.98. The average molecular weight is 556 g/mol. The number of nitrogens with two attached hydrogens (primary N) is 1. The largest absolute Gasteiger partial charge is 0.462 e. The number of morpholine rings is 1. The molecule has 0 spiro atoms. The summed E-state index contributed by atoms with van der Waals surface area (Å²) in [7, 11) is 0. The second-order valence-electron chi connectivity index (χ2n) is 10.9. The number of nitrogen functional groups attached to an aromatic ring is 1. The lowest BCUT2D eigenvalue weighted by Crippen LogP contribution is -2.39. The van der Waals surface area contributed by atoms with Gasteiger partial charge in [-0.05, 0) is 49.1 Å². The van der Waals surface area contributed by atoms with Crippen molar-refractivity contribution in [2.24, 2.45) is 5.92 Å². The van der Waals surface area contributed by atoms with E-state index in [4.69, 9.17) is 20.3 Å². The average Bonchev–Trinajstić information content (AvgIpc) is 3.39. The molecule has 2 N–H and O–H groups in total. The van der Waals surface area contributed by atoms with Gasteiger partial charge < -0.3 is 20.1 Å². The van der Waals surface area contributed by atoms with E-state index in [-0.39, 0.29) is 11.9 Å². The van der Waals surface area contributed by atoms with Gasteiger partial charge in [-0.3, -0.25) is 9.69 Å². The number of fused-ring (bicyclic) bond motifs is 1. The van der Waals surface area contributed by atoms with Crippen LogP contribution in [0.3, 0.4) is 0 Å². The molecule has 1 amide bonds. The summed E-state index contributed by atoms with van der Waals surface area (Å²) >= 11 is 0. The maximum atomic E-state index is 12.8. The van der Waals surface area contributed by atoms with Crippen molar-refractivity contribution in [1.82, 2.24) is 29.5 Å². The van der Waals surface area contributed by atoms with Crippen molar-refractivity contribution in [2.75, 3.05) is 51.7 Å². The Hall–Kier alpha value is -4.02. The van der Waals surface area contributed by atoms with Gasteiger partial charge in [-0.2, -0.15) is 5.10 Å². The molecular weight excluding hydrogens is 518 g/mol. The molecule has 41 heavy (non-hydrogen) atoms. The number of carbonyl (C=O) groups is 1. The van der Waals surface area contributed by atoms with E-state index in [1.165, 1.54) is 6.33 Å². The minimum Gasteiger partial charge on any atom is -0.462 e. The summed E-state index contributed by atoms with van der Waals surface area (Å²) in [5, 5.41) is 5.76. The molecule has 4 heterocycles. The first-order valence-electron chi connectivity index (χ1n) is 14.4. The Balaban J connectivity index is 1.14. The zero-order valence-electron chi connectivity index (χ0n) is 23.5. The molecular formula is C31H37N7O3. The first kappa shape index (κ1) is 27.2. The van der Waals surface area contributed by atoms with E-state index in [1.54, 1.807) is 6.08 Å². The van der Waals surface area contributed by atoms with Crippen molar-refractivity contribution >= 4 is 22.8 Å². The lowest BCUT2D eigenvalue weighted by Gasteiger charge is -2.31. The smallest absolute Gasteiger partial charge is 0.246 e. The van der Waals surface area contributed by atoms with Crippen LogP contribution in [-0.4, -0.2) is 81.4 Å². The standard InChI is InChI=1S/C31H37N7O3/c1-22-4-2-5-26(20-22)41-25-9-7-23(8-10-25)29-28-30(32)33-21-34-31(28)38(35-29)24-11-14-37(15-12-24)27(39)6-3-13-36-16-18-40-19-17-36/h2-10,21-22,24H,11-20H2,1H3,(H2,32,33,34)/b6-3+. The number of anilines is 1. The Morgan fingerprint density at radius 2 is 1.90 bits per heavy atom. The van der Waals surface area contributed by atoms with E-state index in [2.05, 4.69) is 27.9 Å². The molecule has 2 saturated heterocycles. The lowest BCUT2D eigenvalue weighted by molar-refractivity contribution is -0.127. The highest BCUT2D eigenvalue weighted by atomic mass is 16.5. The number of allylic oxidation sites excluding steroid dienone is 4. The van der Waals surface area contributed by atoms with E-state index in [9.17, 15) is 4.79 Å². The molecule has 2 fully saturated rings. The summed E-state index contributed by atoms with van der Waals surface area (Å²) in [6.45, 7) is 7.61. The van der Waals surface area contributed by atoms with Crippen molar-refractivity contribution in [3.05, 3.63) is 66.7 Å². The maximum Gasteiger partial charge on any atom is 0.246 e. The fraction of sp³-hybridized carbons (Fsp3) is 0.419. The number of ether oxygens (including phenoxy) is 2. The normalized spacial score (nSPS) is 20.6. The lowest BCUT2D eigenvalue weighted by atomic mass is 10.0. The van der Waals surface area contributed by atoms with Gasteiger partial charge in [0.1, 0.15) is 29.3 Å². The Labute approximate surface area is 240 Å². The van der Waals surface area contributed by atoms with E-state index >= 15 is 0 Å². The molecule has 214 valence electrons. The van der Waals surface area contributed by atoms with Gasteiger partial charge in [-0.15, -0.1) is 0 Å². The van der Waals surface area contributed by atoms with Gasteiger partial charge >= 0.3 is 0 Å². The predicted octanol–water partition coefficient (Wildman–Crippen LogP) is 3.99. The second kappa shape index (κ2) is 12.2. The van der Waals surface area contributed by atoms with Gasteiger partial charge in [0.15, 0.2) is 5.65 Å². The zero-order valence-corrected chi connectivity index (χ0v) is 23.5. The number of nitrogens with zero attached hydrogens (tertiary/aromatic N) is 6. The molecule has 2 aliphatic heterocycles. The van der Waals surface area contributed by atoms with E-state index < -0.39 is 0 Å². The van der Waals surface area contributed by atoms with Crippen LogP contribution in [0.15, 0.2) is 66.7 Å². The van der Waals surface area contributed by atoms with Gasteiger partial charge in [0.25, 0.3) is 0 Å². The third-order valence-corrected chi connectivity index (χ3v) is 7.99. The van der Waals surface area contributed by atoms with Crippen LogP contribution in [0.2, 0.25) is 0 Å². The molecule has 1 aromatic carbocycles. The SMILES string of the molecule is CC1C=CC=C(Oc2ccc(-c3nn(C4CCN(C(=O)/C=C/CN5CCOCC5)CC4)c4ncnc(N)c34)cc2)C1. The number of piperidine rings is 1. The van der Waals surface area contributed by atoms with E-state index in [0.29, 0.717) is 24.8 Å². The molecule has 10 heteroatoms. The monoisotopic (exact) mass is 555 g/mol. The van der Waals surface area contributed by atoms with Crippen molar-refractivity contribution in [2.45, 2.75) is 32.2 Å². The first-order valence-corrected chi connectivity index (χ1v) is 14.4. The highest BCUT2D eigenvalue weighted by Crippen LogP contribution is 2.35. The molecule has 1 unspecified atom stereocenters. The quantitative estimate of drug-likeness (QED) is 0.436. The summed E-state index contributed by atoms with van der Waals surface area (Å²) in [4.78, 5) is 25.9. The van der Waals surface area contributed by atoms with Crippen molar-refractivity contribution < 1.29 is 14.3 Å². The first-order chi connectivity index (χ1) is 20.0. The maximum absolute atomic E-state index is 12.8. The molecule has 0 saturated carbocycles. The fourth-order valence-corrected chi connectivity index (χ4v) is 5.69. The summed E-state index contributed by atoms with van der Waals surface area (Å²) in [5.41, 5.74) is 8.75. The van der Waals surface area contributed by atoms with Crippen LogP contribution in [0.1, 0.15) is 32.2 Å². The molecule has 10 nitrogen and oxygen atoms in total. The van der Waals surface area contributed by atoms with Crippen LogP contribution < -0.4 is 10.5 Å². The van der Waals surface area contributed by atoms with Crippen molar-refractivity contribution in [1.29, 1.82) is 0 Å². The fourth-order valence-electron chi connectivity index (χ4n) is 5.69. The van der Waals surface area contributed by atoms with Crippen LogP contribution >= 0.6 is 0 Å². The molecule has 3 aromatic rings. The summed E-state index contributed by atoms with van der Waals surface area (Å²) in [5.74, 6) is 2.67. The summed E-state index contributed by atoms with van der Waals surface area (Å²) in [6.07, 6.45) is 13.9. The molecule has 0 radical (unpaired) electrons. The van der Waals surface area contributed by atoms with Crippen LogP contribution in [0.5, 0.6) is 5.75 Å². The Kier molecular flexibility index (Phi) is 8.11. The second-order valence-corrected chi connectivity index (χ2v) is 10.9. The van der Waals surface area contributed by atoms with Crippen LogP contribution in [0, 0.1) is 5.92 Å². The number of benzene rings is 1. The zero-order chi connectivity index (χ0) is 28.2. The number of aromatic nitrogens is 4. The molecule has 3 aliphatic rings. The number of carbonyl (C=O) groups excluding carboxylic acids is 1. The number of amides is 1. The van der Waals surface area contributed by atoms with Gasteiger partial charge in [-0.1, -0.05) is 25.2 Å². The van der Waals surface area contributed by atoms with E-state index in [1.807, 2.05) is 52.1 Å². The van der Waals surface area contributed by atoms with Crippen molar-refractivity contribution in [3.8, 4) is 17.0 Å². The molecule has 6 rings (SSSR count). The van der Waals surface area contributed by atoms with Gasteiger partial charge in [0, 0.05) is 50.8 Å². The van der Waals surface area contributed by atoms with Gasteiger partial charge in [-0.25, -0.2) is 14.6 Å². The molecule has 2 aromatic heterocycles. The van der Waals surface area contributed by atoms with Crippen LogP contribution in [0.25, 0.3) is 22.3 Å². The summed E-state index contributed by atoms with van der Waals surface area (Å²) in [6, 6.07) is 8.03. The summed E-state index contributed by atoms with van der Waals surface area (Å²) < 4.78 is 13.5. The Morgan fingerprint density at radius 1 is 1.12 bits per heavy atom. The van der Waals surface area contributed by atoms with Gasteiger partial charge in [0.2, 0.25) is 5.91 Å². The third-order valence-electron chi connectivity index (χ3n) is 7.99.